The summed E-state index contributed by atoms with van der Waals surface area (Å²) in [5, 5.41) is 2.92. The van der Waals surface area contributed by atoms with Crippen molar-refractivity contribution in [1.29, 1.82) is 0 Å². The molecule has 0 heterocycles. The Hall–Kier alpha value is -1.75. The zero-order valence-corrected chi connectivity index (χ0v) is 17.0. The third-order valence-corrected chi connectivity index (χ3v) is 4.46. The van der Waals surface area contributed by atoms with Gasteiger partial charge in [-0.1, -0.05) is 52.9 Å². The second kappa shape index (κ2) is 13.5. The van der Waals surface area contributed by atoms with Crippen molar-refractivity contribution >= 4 is 11.6 Å². The molecule has 5 nitrogen and oxygen atoms in total. The average molecular weight is 365 g/mol. The standard InChI is InChI=1S/C21H36N2O3/c1-5-8-9-10-11-12-15-26-19-14-13-18(16-20(19)25-4)22-21(24)17-23(6-2)7-3/h13-14,16H,5-12,15,17H2,1-4H3,(H,22,24). The van der Waals surface area contributed by atoms with Crippen LogP contribution in [0.2, 0.25) is 0 Å². The Labute approximate surface area is 159 Å². The predicted molar refractivity (Wildman–Crippen MR) is 108 cm³/mol. The van der Waals surface area contributed by atoms with Crippen LogP contribution in [0.5, 0.6) is 11.5 Å². The number of carbonyl (C=O) groups is 1. The number of unbranched alkanes of at least 4 members (excludes halogenated alkanes) is 5. The largest absolute Gasteiger partial charge is 0.493 e. The highest BCUT2D eigenvalue weighted by atomic mass is 16.5. The summed E-state index contributed by atoms with van der Waals surface area (Å²) in [5.74, 6) is 1.36. The molecule has 0 atom stereocenters. The Morgan fingerprint density at radius 2 is 1.69 bits per heavy atom. The van der Waals surface area contributed by atoms with Gasteiger partial charge in [-0.3, -0.25) is 9.69 Å². The summed E-state index contributed by atoms with van der Waals surface area (Å²) in [6.07, 6.45) is 7.41. The summed E-state index contributed by atoms with van der Waals surface area (Å²) in [6, 6.07) is 5.54. The Morgan fingerprint density at radius 1 is 1.00 bits per heavy atom. The van der Waals surface area contributed by atoms with E-state index in [0.29, 0.717) is 18.9 Å². The molecule has 0 spiro atoms. The van der Waals surface area contributed by atoms with E-state index in [4.69, 9.17) is 9.47 Å². The fourth-order valence-corrected chi connectivity index (χ4v) is 2.78. The van der Waals surface area contributed by atoms with E-state index in [9.17, 15) is 4.79 Å². The van der Waals surface area contributed by atoms with Crippen molar-refractivity contribution in [2.75, 3.05) is 38.7 Å². The maximum absolute atomic E-state index is 12.1. The summed E-state index contributed by atoms with van der Waals surface area (Å²) in [5.41, 5.74) is 0.728. The minimum atomic E-state index is -0.0171. The molecule has 5 heteroatoms. The van der Waals surface area contributed by atoms with Crippen LogP contribution in [0.15, 0.2) is 18.2 Å². The van der Waals surface area contributed by atoms with Crippen LogP contribution >= 0.6 is 0 Å². The number of ether oxygens (including phenoxy) is 2. The SMILES string of the molecule is CCCCCCCCOc1ccc(NC(=O)CN(CC)CC)cc1OC. The monoisotopic (exact) mass is 364 g/mol. The lowest BCUT2D eigenvalue weighted by molar-refractivity contribution is -0.117. The van der Waals surface area contributed by atoms with Crippen LogP contribution in [0.1, 0.15) is 59.3 Å². The van der Waals surface area contributed by atoms with Gasteiger partial charge in [0.2, 0.25) is 5.91 Å². The first kappa shape index (κ1) is 22.3. The molecule has 0 saturated heterocycles. The summed E-state index contributed by atoms with van der Waals surface area (Å²) in [7, 11) is 1.62. The lowest BCUT2D eigenvalue weighted by Gasteiger charge is -2.18. The van der Waals surface area contributed by atoms with Crippen molar-refractivity contribution < 1.29 is 14.3 Å². The number of anilines is 1. The fourth-order valence-electron chi connectivity index (χ4n) is 2.78. The molecule has 1 aromatic carbocycles. The van der Waals surface area contributed by atoms with E-state index in [1.54, 1.807) is 7.11 Å². The molecule has 1 rings (SSSR count). The summed E-state index contributed by atoms with van der Waals surface area (Å²) in [4.78, 5) is 14.2. The highest BCUT2D eigenvalue weighted by Crippen LogP contribution is 2.30. The third-order valence-electron chi connectivity index (χ3n) is 4.46. The highest BCUT2D eigenvalue weighted by molar-refractivity contribution is 5.92. The van der Waals surface area contributed by atoms with Crippen molar-refractivity contribution in [3.63, 3.8) is 0 Å². The highest BCUT2D eigenvalue weighted by Gasteiger charge is 2.10. The van der Waals surface area contributed by atoms with Gasteiger partial charge in [0.1, 0.15) is 0 Å². The lowest BCUT2D eigenvalue weighted by atomic mass is 10.1. The molecule has 0 fully saturated rings. The molecule has 0 saturated carbocycles. The van der Waals surface area contributed by atoms with Gasteiger partial charge in [-0.15, -0.1) is 0 Å². The molecular weight excluding hydrogens is 328 g/mol. The first-order valence-electron chi connectivity index (χ1n) is 9.97. The maximum atomic E-state index is 12.1. The van der Waals surface area contributed by atoms with Crippen LogP contribution in [0.4, 0.5) is 5.69 Å². The molecule has 148 valence electrons. The van der Waals surface area contributed by atoms with E-state index >= 15 is 0 Å². The number of nitrogens with zero attached hydrogens (tertiary/aromatic N) is 1. The van der Waals surface area contributed by atoms with E-state index in [0.717, 1.165) is 30.9 Å². The van der Waals surface area contributed by atoms with Gasteiger partial charge in [0, 0.05) is 11.8 Å². The molecule has 0 aliphatic carbocycles. The van der Waals surface area contributed by atoms with Gasteiger partial charge < -0.3 is 14.8 Å². The van der Waals surface area contributed by atoms with Crippen LogP contribution in [-0.2, 0) is 4.79 Å². The van der Waals surface area contributed by atoms with Crippen molar-refractivity contribution in [3.05, 3.63) is 18.2 Å². The molecule has 26 heavy (non-hydrogen) atoms. The molecule has 0 unspecified atom stereocenters. The Kier molecular flexibility index (Phi) is 11.5. The van der Waals surface area contributed by atoms with Crippen LogP contribution in [-0.4, -0.2) is 44.2 Å². The fraction of sp³-hybridized carbons (Fsp3) is 0.667. The van der Waals surface area contributed by atoms with Gasteiger partial charge >= 0.3 is 0 Å². The van der Waals surface area contributed by atoms with Gasteiger partial charge in [0.25, 0.3) is 0 Å². The normalized spacial score (nSPS) is 10.8. The summed E-state index contributed by atoms with van der Waals surface area (Å²) >= 11 is 0. The number of nitrogens with one attached hydrogen (secondary N) is 1. The number of benzene rings is 1. The van der Waals surface area contributed by atoms with Crippen molar-refractivity contribution in [2.45, 2.75) is 59.3 Å². The number of methoxy groups -OCH3 is 1. The van der Waals surface area contributed by atoms with E-state index in [1.165, 1.54) is 32.1 Å². The molecule has 0 aliphatic rings. The number of rotatable bonds is 14. The van der Waals surface area contributed by atoms with Crippen LogP contribution < -0.4 is 14.8 Å². The van der Waals surface area contributed by atoms with E-state index < -0.39 is 0 Å². The first-order chi connectivity index (χ1) is 12.6. The molecule has 1 N–H and O–H groups in total. The molecule has 0 radical (unpaired) electrons. The summed E-state index contributed by atoms with van der Waals surface area (Å²) < 4.78 is 11.3. The number of carbonyl (C=O) groups excluding carboxylic acids is 1. The van der Waals surface area contributed by atoms with Gasteiger partial charge in [-0.2, -0.15) is 0 Å². The van der Waals surface area contributed by atoms with Crippen LogP contribution in [0.25, 0.3) is 0 Å². The van der Waals surface area contributed by atoms with Gasteiger partial charge in [-0.25, -0.2) is 0 Å². The number of amides is 1. The molecule has 0 aromatic heterocycles. The van der Waals surface area contributed by atoms with Crippen molar-refractivity contribution in [1.82, 2.24) is 4.90 Å². The topological polar surface area (TPSA) is 50.8 Å². The Balaban J connectivity index is 2.47. The predicted octanol–water partition coefficient (Wildman–Crippen LogP) is 4.71. The number of hydrogen-bond acceptors (Lipinski definition) is 4. The van der Waals surface area contributed by atoms with Gasteiger partial charge in [0.15, 0.2) is 11.5 Å². The number of likely N-dealkylation sites (N-methyl/N-ethyl adjacent to an activating group) is 1. The van der Waals surface area contributed by atoms with E-state index in [1.807, 2.05) is 18.2 Å². The third kappa shape index (κ3) is 8.56. The first-order valence-corrected chi connectivity index (χ1v) is 9.97. The van der Waals surface area contributed by atoms with Crippen LogP contribution in [0, 0.1) is 0 Å². The second-order valence-corrected chi connectivity index (χ2v) is 6.49. The maximum Gasteiger partial charge on any atom is 0.238 e. The average Bonchev–Trinajstić information content (AvgIpc) is 2.66. The second-order valence-electron chi connectivity index (χ2n) is 6.49. The molecule has 0 aliphatic heterocycles. The van der Waals surface area contributed by atoms with Gasteiger partial charge in [-0.05, 0) is 31.6 Å². The number of hydrogen-bond donors (Lipinski definition) is 1. The minimum absolute atomic E-state index is 0.0171. The quantitative estimate of drug-likeness (QED) is 0.486. The molecule has 1 aromatic rings. The smallest absolute Gasteiger partial charge is 0.238 e. The molecule has 1 amide bonds. The van der Waals surface area contributed by atoms with Gasteiger partial charge in [0.05, 0.1) is 20.3 Å². The molecule has 0 bridgehead atoms. The van der Waals surface area contributed by atoms with Crippen molar-refractivity contribution in [2.24, 2.45) is 0 Å². The molecular formula is C21H36N2O3. The zero-order chi connectivity index (χ0) is 19.2. The van der Waals surface area contributed by atoms with Crippen molar-refractivity contribution in [3.8, 4) is 11.5 Å². The minimum Gasteiger partial charge on any atom is -0.493 e. The van der Waals surface area contributed by atoms with Crippen LogP contribution in [0.3, 0.4) is 0 Å². The van der Waals surface area contributed by atoms with E-state index in [-0.39, 0.29) is 5.91 Å². The van der Waals surface area contributed by atoms with E-state index in [2.05, 4.69) is 31.0 Å². The summed E-state index contributed by atoms with van der Waals surface area (Å²) in [6.45, 7) is 9.13. The lowest BCUT2D eigenvalue weighted by Crippen LogP contribution is -2.32. The Bertz CT molecular complexity index is 516. The zero-order valence-electron chi connectivity index (χ0n) is 17.0. The Morgan fingerprint density at radius 3 is 2.35 bits per heavy atom.